The Kier molecular flexibility index (Phi) is 5.55. The zero-order valence-electron chi connectivity index (χ0n) is 15.9. The maximum absolute atomic E-state index is 13.6. The first kappa shape index (κ1) is 19.2. The molecule has 0 radical (unpaired) electrons. The Labute approximate surface area is 171 Å². The van der Waals surface area contributed by atoms with Crippen molar-refractivity contribution in [1.29, 1.82) is 0 Å². The number of nitrogens with zero attached hydrogens (tertiary/aromatic N) is 2. The van der Waals surface area contributed by atoms with Crippen molar-refractivity contribution in [2.75, 3.05) is 12.4 Å². The van der Waals surface area contributed by atoms with Crippen molar-refractivity contribution in [3.8, 4) is 5.69 Å². The first-order valence-electron chi connectivity index (χ1n) is 9.52. The Hall–Kier alpha value is -2.12. The number of benzene rings is 1. The average Bonchev–Trinajstić information content (AvgIpc) is 3.07. The van der Waals surface area contributed by atoms with Gasteiger partial charge in [0, 0.05) is 4.88 Å². The molecular formula is C21H22N2O3S2. The first-order chi connectivity index (χ1) is 13.6. The molecule has 0 aliphatic heterocycles. The molecule has 0 N–H and O–H groups in total. The number of fused-ring (bicyclic) bond motifs is 3. The summed E-state index contributed by atoms with van der Waals surface area (Å²) < 4.78 is 6.67. The van der Waals surface area contributed by atoms with Gasteiger partial charge in [-0.15, -0.1) is 11.3 Å². The van der Waals surface area contributed by atoms with Crippen LogP contribution in [0.15, 0.2) is 40.3 Å². The number of aryl methyl sites for hydroxylation is 1. The molecule has 1 aromatic carbocycles. The van der Waals surface area contributed by atoms with Gasteiger partial charge >= 0.3 is 5.97 Å². The molecule has 1 atom stereocenters. The number of hydrogen-bond acceptors (Lipinski definition) is 6. The van der Waals surface area contributed by atoms with E-state index in [0.717, 1.165) is 35.2 Å². The van der Waals surface area contributed by atoms with Gasteiger partial charge in [-0.2, -0.15) is 0 Å². The summed E-state index contributed by atoms with van der Waals surface area (Å²) in [4.78, 5) is 32.3. The SMILES string of the molecule is CCOC(=O)CSc1nc2sc3c(c2c(=O)n1-c1ccccc1)[C@H](C)CCC3. The standard InChI is InChI=1S/C21H22N2O3S2/c1-3-26-16(24)12-27-21-22-19-18(17-13(2)8-7-11-15(17)28-19)20(25)23(21)14-9-5-4-6-10-14/h4-6,9-10,13H,3,7-8,11-12H2,1-2H3/t13-/m1/s1. The van der Waals surface area contributed by atoms with Crippen LogP contribution in [0.3, 0.4) is 0 Å². The first-order valence-corrected chi connectivity index (χ1v) is 11.3. The predicted molar refractivity (Wildman–Crippen MR) is 114 cm³/mol. The second-order valence-corrected chi connectivity index (χ2v) is 8.90. The summed E-state index contributed by atoms with van der Waals surface area (Å²) in [5.74, 6) is 0.190. The van der Waals surface area contributed by atoms with Crippen molar-refractivity contribution < 1.29 is 9.53 Å². The fourth-order valence-corrected chi connectivity index (χ4v) is 5.93. The number of carbonyl (C=O) groups excluding carboxylic acids is 1. The van der Waals surface area contributed by atoms with E-state index in [2.05, 4.69) is 6.92 Å². The van der Waals surface area contributed by atoms with Crippen LogP contribution in [0.2, 0.25) is 0 Å². The highest BCUT2D eigenvalue weighted by atomic mass is 32.2. The molecule has 7 heteroatoms. The van der Waals surface area contributed by atoms with Crippen LogP contribution < -0.4 is 5.56 Å². The van der Waals surface area contributed by atoms with Crippen molar-refractivity contribution in [3.05, 3.63) is 51.1 Å². The monoisotopic (exact) mass is 414 g/mol. The number of thioether (sulfide) groups is 1. The molecule has 3 aromatic rings. The Morgan fingerprint density at radius 2 is 2.14 bits per heavy atom. The molecule has 0 unspecified atom stereocenters. The molecule has 2 aromatic heterocycles. The molecule has 0 fully saturated rings. The number of hydrogen-bond donors (Lipinski definition) is 0. The third-order valence-corrected chi connectivity index (χ3v) is 7.05. The number of aromatic nitrogens is 2. The van der Waals surface area contributed by atoms with Gasteiger partial charge in [-0.25, -0.2) is 4.98 Å². The quantitative estimate of drug-likeness (QED) is 0.348. The molecule has 5 nitrogen and oxygen atoms in total. The Balaban J connectivity index is 1.90. The highest BCUT2D eigenvalue weighted by molar-refractivity contribution is 7.99. The highest BCUT2D eigenvalue weighted by Crippen LogP contribution is 2.40. The average molecular weight is 415 g/mol. The van der Waals surface area contributed by atoms with E-state index in [1.807, 2.05) is 30.3 Å². The summed E-state index contributed by atoms with van der Waals surface area (Å²) in [6, 6.07) is 9.51. The second-order valence-electron chi connectivity index (χ2n) is 6.88. The van der Waals surface area contributed by atoms with Crippen LogP contribution in [0.25, 0.3) is 15.9 Å². The topological polar surface area (TPSA) is 61.2 Å². The lowest BCUT2D eigenvalue weighted by Crippen LogP contribution is -2.23. The van der Waals surface area contributed by atoms with Crippen LogP contribution in [0.5, 0.6) is 0 Å². The van der Waals surface area contributed by atoms with Crippen molar-refractivity contribution in [1.82, 2.24) is 9.55 Å². The number of rotatable bonds is 5. The van der Waals surface area contributed by atoms with Gasteiger partial charge in [-0.1, -0.05) is 36.9 Å². The molecule has 0 amide bonds. The molecule has 1 aliphatic carbocycles. The fourth-order valence-electron chi connectivity index (χ4n) is 3.75. The van der Waals surface area contributed by atoms with E-state index < -0.39 is 0 Å². The Bertz CT molecular complexity index is 1070. The van der Waals surface area contributed by atoms with Gasteiger partial charge in [0.1, 0.15) is 4.83 Å². The minimum Gasteiger partial charge on any atom is -0.465 e. The van der Waals surface area contributed by atoms with Crippen molar-refractivity contribution in [2.24, 2.45) is 0 Å². The number of para-hydroxylation sites is 1. The van der Waals surface area contributed by atoms with Crippen molar-refractivity contribution in [3.63, 3.8) is 0 Å². The van der Waals surface area contributed by atoms with Crippen LogP contribution in [-0.2, 0) is 16.0 Å². The van der Waals surface area contributed by atoms with E-state index in [9.17, 15) is 9.59 Å². The van der Waals surface area contributed by atoms with Gasteiger partial charge in [0.15, 0.2) is 5.16 Å². The van der Waals surface area contributed by atoms with Gasteiger partial charge in [0.05, 0.1) is 23.4 Å². The predicted octanol–water partition coefficient (Wildman–Crippen LogP) is 4.54. The van der Waals surface area contributed by atoms with E-state index >= 15 is 0 Å². The normalized spacial score (nSPS) is 16.1. The lowest BCUT2D eigenvalue weighted by molar-refractivity contribution is -0.139. The van der Waals surface area contributed by atoms with Crippen LogP contribution in [0.1, 0.15) is 43.0 Å². The minimum atomic E-state index is -0.305. The zero-order chi connectivity index (χ0) is 19.7. The summed E-state index contributed by atoms with van der Waals surface area (Å²) in [5, 5.41) is 1.28. The summed E-state index contributed by atoms with van der Waals surface area (Å²) in [6.07, 6.45) is 3.26. The maximum Gasteiger partial charge on any atom is 0.316 e. The molecular weight excluding hydrogens is 392 g/mol. The maximum atomic E-state index is 13.6. The molecule has 2 heterocycles. The van der Waals surface area contributed by atoms with Crippen LogP contribution in [-0.4, -0.2) is 27.9 Å². The van der Waals surface area contributed by atoms with E-state index in [0.29, 0.717) is 17.7 Å². The van der Waals surface area contributed by atoms with E-state index in [4.69, 9.17) is 9.72 Å². The molecule has 0 bridgehead atoms. The van der Waals surface area contributed by atoms with Gasteiger partial charge in [-0.3, -0.25) is 14.2 Å². The molecule has 28 heavy (non-hydrogen) atoms. The van der Waals surface area contributed by atoms with Gasteiger partial charge in [0.25, 0.3) is 5.56 Å². The van der Waals surface area contributed by atoms with Crippen LogP contribution >= 0.6 is 23.1 Å². The summed E-state index contributed by atoms with van der Waals surface area (Å²) in [6.45, 7) is 4.32. The Morgan fingerprint density at radius 3 is 2.89 bits per heavy atom. The summed E-state index contributed by atoms with van der Waals surface area (Å²) in [5.41, 5.74) is 1.89. The van der Waals surface area contributed by atoms with E-state index in [-0.39, 0.29) is 17.3 Å². The lowest BCUT2D eigenvalue weighted by Gasteiger charge is -2.19. The molecule has 0 spiro atoms. The van der Waals surface area contributed by atoms with Gasteiger partial charge < -0.3 is 4.74 Å². The fraction of sp³-hybridized carbons (Fsp3) is 0.381. The third-order valence-electron chi connectivity index (χ3n) is 4.98. The van der Waals surface area contributed by atoms with Crippen molar-refractivity contribution >= 4 is 39.3 Å². The zero-order valence-corrected chi connectivity index (χ0v) is 17.6. The summed E-state index contributed by atoms with van der Waals surface area (Å²) >= 11 is 2.88. The van der Waals surface area contributed by atoms with Crippen LogP contribution in [0.4, 0.5) is 0 Å². The van der Waals surface area contributed by atoms with Gasteiger partial charge in [0.2, 0.25) is 0 Å². The van der Waals surface area contributed by atoms with Crippen molar-refractivity contribution in [2.45, 2.75) is 44.2 Å². The van der Waals surface area contributed by atoms with Gasteiger partial charge in [-0.05, 0) is 49.8 Å². The highest BCUT2D eigenvalue weighted by Gasteiger charge is 2.26. The Morgan fingerprint density at radius 1 is 1.36 bits per heavy atom. The number of carbonyl (C=O) groups is 1. The largest absolute Gasteiger partial charge is 0.465 e. The molecule has 0 saturated heterocycles. The molecule has 4 rings (SSSR count). The second kappa shape index (κ2) is 8.09. The molecule has 146 valence electrons. The lowest BCUT2D eigenvalue weighted by atomic mass is 9.88. The van der Waals surface area contributed by atoms with E-state index in [1.165, 1.54) is 22.2 Å². The third kappa shape index (κ3) is 3.49. The van der Waals surface area contributed by atoms with Crippen LogP contribution in [0, 0.1) is 0 Å². The number of ether oxygens (including phenoxy) is 1. The smallest absolute Gasteiger partial charge is 0.316 e. The van der Waals surface area contributed by atoms with E-state index in [1.54, 1.807) is 22.8 Å². The molecule has 1 aliphatic rings. The number of thiophene rings is 1. The number of esters is 1. The summed E-state index contributed by atoms with van der Waals surface area (Å²) in [7, 11) is 0. The molecule has 0 saturated carbocycles. The minimum absolute atomic E-state index is 0.0474.